The second kappa shape index (κ2) is 5.92. The van der Waals surface area contributed by atoms with Crippen LogP contribution >= 0.6 is 0 Å². The van der Waals surface area contributed by atoms with Gasteiger partial charge in [-0.1, -0.05) is 12.1 Å². The Labute approximate surface area is 118 Å². The first-order valence-corrected chi connectivity index (χ1v) is 6.59. The minimum Gasteiger partial charge on any atom is -0.399 e. The summed E-state index contributed by atoms with van der Waals surface area (Å²) in [4.78, 5) is 26.8. The Morgan fingerprint density at radius 2 is 2.25 bits per heavy atom. The number of hydrogen-bond acceptors (Lipinski definition) is 4. The van der Waals surface area contributed by atoms with E-state index in [0.717, 1.165) is 5.56 Å². The summed E-state index contributed by atoms with van der Waals surface area (Å²) in [7, 11) is 1.77. The molecule has 0 aliphatic carbocycles. The van der Waals surface area contributed by atoms with Gasteiger partial charge in [-0.15, -0.1) is 0 Å². The lowest BCUT2D eigenvalue weighted by Gasteiger charge is -2.26. The van der Waals surface area contributed by atoms with Gasteiger partial charge in [0.2, 0.25) is 11.8 Å². The van der Waals surface area contributed by atoms with Crippen molar-refractivity contribution in [3.8, 4) is 0 Å². The third kappa shape index (κ3) is 3.27. The molecule has 2 rings (SSSR count). The highest BCUT2D eigenvalue weighted by molar-refractivity contribution is 5.84. The minimum atomic E-state index is -0.434. The van der Waals surface area contributed by atoms with E-state index in [9.17, 15) is 9.59 Å². The largest absolute Gasteiger partial charge is 0.399 e. The first-order valence-electron chi connectivity index (χ1n) is 6.59. The highest BCUT2D eigenvalue weighted by Crippen LogP contribution is 2.19. The van der Waals surface area contributed by atoms with Gasteiger partial charge in [-0.25, -0.2) is 0 Å². The molecule has 0 radical (unpaired) electrons. The summed E-state index contributed by atoms with van der Waals surface area (Å²) in [6.45, 7) is 1.26. The van der Waals surface area contributed by atoms with Gasteiger partial charge in [-0.05, 0) is 24.1 Å². The van der Waals surface area contributed by atoms with Crippen molar-refractivity contribution >= 4 is 17.5 Å². The molecule has 1 heterocycles. The maximum atomic E-state index is 12.1. The lowest BCUT2D eigenvalue weighted by Crippen LogP contribution is -2.44. The molecule has 6 heteroatoms. The summed E-state index contributed by atoms with van der Waals surface area (Å²) in [5, 5.41) is 0. The van der Waals surface area contributed by atoms with E-state index >= 15 is 0 Å². The van der Waals surface area contributed by atoms with Gasteiger partial charge in [0, 0.05) is 25.8 Å². The maximum absolute atomic E-state index is 12.1. The molecule has 2 amide bonds. The Morgan fingerprint density at radius 3 is 2.80 bits per heavy atom. The molecule has 1 unspecified atom stereocenters. The second-order valence-corrected chi connectivity index (χ2v) is 5.18. The van der Waals surface area contributed by atoms with E-state index in [1.54, 1.807) is 18.0 Å². The van der Waals surface area contributed by atoms with Crippen molar-refractivity contribution in [2.45, 2.75) is 19.0 Å². The highest BCUT2D eigenvalue weighted by atomic mass is 16.2. The second-order valence-electron chi connectivity index (χ2n) is 5.18. The van der Waals surface area contributed by atoms with E-state index in [2.05, 4.69) is 0 Å². The number of nitrogens with two attached hydrogens (primary N) is 2. The molecule has 1 saturated heterocycles. The average molecular weight is 276 g/mol. The standard InChI is InChI=1S/C14H20N4O2/c1-17-6-5-12(14(17)20)18(9-13(16)19)8-10-3-2-4-11(15)7-10/h2-4,7,12H,5-6,8-9,15H2,1H3,(H2,16,19). The van der Waals surface area contributed by atoms with Crippen molar-refractivity contribution in [3.05, 3.63) is 29.8 Å². The Kier molecular flexibility index (Phi) is 4.24. The number of hydrogen-bond donors (Lipinski definition) is 2. The van der Waals surface area contributed by atoms with Crippen molar-refractivity contribution in [3.63, 3.8) is 0 Å². The van der Waals surface area contributed by atoms with Crippen LogP contribution < -0.4 is 11.5 Å². The van der Waals surface area contributed by atoms with Crippen LogP contribution in [0.15, 0.2) is 24.3 Å². The lowest BCUT2D eigenvalue weighted by atomic mass is 10.1. The number of likely N-dealkylation sites (N-methyl/N-ethyl adjacent to an activating group) is 1. The molecule has 1 aromatic carbocycles. The quantitative estimate of drug-likeness (QED) is 0.728. The van der Waals surface area contributed by atoms with Crippen LogP contribution in [0.2, 0.25) is 0 Å². The van der Waals surface area contributed by atoms with Crippen molar-refractivity contribution in [2.24, 2.45) is 5.73 Å². The van der Waals surface area contributed by atoms with E-state index in [-0.39, 0.29) is 18.5 Å². The zero-order valence-corrected chi connectivity index (χ0v) is 11.6. The van der Waals surface area contributed by atoms with E-state index in [0.29, 0.717) is 25.2 Å². The molecule has 1 aromatic rings. The van der Waals surface area contributed by atoms with Gasteiger partial charge in [-0.3, -0.25) is 14.5 Å². The van der Waals surface area contributed by atoms with Crippen LogP contribution in [0.1, 0.15) is 12.0 Å². The molecule has 108 valence electrons. The number of primary amides is 1. The van der Waals surface area contributed by atoms with Gasteiger partial charge >= 0.3 is 0 Å². The molecule has 20 heavy (non-hydrogen) atoms. The van der Waals surface area contributed by atoms with Crippen molar-refractivity contribution in [2.75, 3.05) is 25.9 Å². The Bertz CT molecular complexity index is 518. The van der Waals surface area contributed by atoms with E-state index in [4.69, 9.17) is 11.5 Å². The zero-order valence-electron chi connectivity index (χ0n) is 11.6. The monoisotopic (exact) mass is 276 g/mol. The Morgan fingerprint density at radius 1 is 1.50 bits per heavy atom. The van der Waals surface area contributed by atoms with Crippen LogP contribution in [0.25, 0.3) is 0 Å². The molecule has 0 aromatic heterocycles. The van der Waals surface area contributed by atoms with Crippen molar-refractivity contribution in [1.82, 2.24) is 9.80 Å². The smallest absolute Gasteiger partial charge is 0.239 e. The van der Waals surface area contributed by atoms with Crippen LogP contribution in [0.5, 0.6) is 0 Å². The highest BCUT2D eigenvalue weighted by Gasteiger charge is 2.34. The number of anilines is 1. The van der Waals surface area contributed by atoms with Gasteiger partial charge in [0.1, 0.15) is 0 Å². The Balaban J connectivity index is 2.15. The predicted molar refractivity (Wildman–Crippen MR) is 76.5 cm³/mol. The van der Waals surface area contributed by atoms with Crippen LogP contribution in [-0.4, -0.2) is 47.8 Å². The maximum Gasteiger partial charge on any atom is 0.239 e. The first kappa shape index (κ1) is 14.3. The summed E-state index contributed by atoms with van der Waals surface area (Å²) in [5.41, 5.74) is 12.7. The molecular weight excluding hydrogens is 256 g/mol. The van der Waals surface area contributed by atoms with Crippen LogP contribution in [-0.2, 0) is 16.1 Å². The van der Waals surface area contributed by atoms with E-state index < -0.39 is 5.91 Å². The molecule has 1 aliphatic heterocycles. The summed E-state index contributed by atoms with van der Waals surface area (Å²) in [6.07, 6.45) is 0.713. The summed E-state index contributed by atoms with van der Waals surface area (Å²) < 4.78 is 0. The number of carbonyl (C=O) groups excluding carboxylic acids is 2. The fourth-order valence-corrected chi connectivity index (χ4v) is 2.55. The number of amides is 2. The van der Waals surface area contributed by atoms with Crippen LogP contribution in [0, 0.1) is 0 Å². The number of nitrogen functional groups attached to an aromatic ring is 1. The molecular formula is C14H20N4O2. The number of nitrogens with zero attached hydrogens (tertiary/aromatic N) is 2. The molecule has 0 spiro atoms. The topological polar surface area (TPSA) is 92.7 Å². The molecule has 0 bridgehead atoms. The number of likely N-dealkylation sites (tertiary alicyclic amines) is 1. The molecule has 4 N–H and O–H groups in total. The molecule has 1 aliphatic rings. The number of rotatable bonds is 5. The molecule has 1 fully saturated rings. The third-order valence-corrected chi connectivity index (χ3v) is 3.54. The van der Waals surface area contributed by atoms with Crippen LogP contribution in [0.3, 0.4) is 0 Å². The SMILES string of the molecule is CN1CCC(N(CC(N)=O)Cc2cccc(N)c2)C1=O. The Hall–Kier alpha value is -2.08. The summed E-state index contributed by atoms with van der Waals surface area (Å²) in [6, 6.07) is 7.14. The zero-order chi connectivity index (χ0) is 14.7. The minimum absolute atomic E-state index is 0.0372. The van der Waals surface area contributed by atoms with Crippen molar-refractivity contribution in [1.29, 1.82) is 0 Å². The number of carbonyl (C=O) groups is 2. The van der Waals surface area contributed by atoms with Crippen LogP contribution in [0.4, 0.5) is 5.69 Å². The van der Waals surface area contributed by atoms with Gasteiger partial charge < -0.3 is 16.4 Å². The van der Waals surface area contributed by atoms with Gasteiger partial charge in [0.25, 0.3) is 0 Å². The van der Waals surface area contributed by atoms with E-state index in [1.807, 2.05) is 23.1 Å². The van der Waals surface area contributed by atoms with Crippen molar-refractivity contribution < 1.29 is 9.59 Å². The molecule has 1 atom stereocenters. The average Bonchev–Trinajstić information content (AvgIpc) is 2.69. The first-order chi connectivity index (χ1) is 9.47. The third-order valence-electron chi connectivity index (χ3n) is 3.54. The van der Waals surface area contributed by atoms with Gasteiger partial charge in [0.15, 0.2) is 0 Å². The number of benzene rings is 1. The summed E-state index contributed by atoms with van der Waals surface area (Å²) in [5.74, 6) is -0.397. The lowest BCUT2D eigenvalue weighted by molar-refractivity contribution is -0.132. The molecule has 6 nitrogen and oxygen atoms in total. The van der Waals surface area contributed by atoms with Gasteiger partial charge in [0.05, 0.1) is 12.6 Å². The normalized spacial score (nSPS) is 18.8. The molecule has 0 saturated carbocycles. The van der Waals surface area contributed by atoms with Gasteiger partial charge in [-0.2, -0.15) is 0 Å². The van der Waals surface area contributed by atoms with E-state index in [1.165, 1.54) is 0 Å². The fourth-order valence-electron chi connectivity index (χ4n) is 2.55. The fraction of sp³-hybridized carbons (Fsp3) is 0.429. The summed E-state index contributed by atoms with van der Waals surface area (Å²) >= 11 is 0. The predicted octanol–water partition coefficient (Wildman–Crippen LogP) is -0.213.